The maximum absolute atomic E-state index is 8.89. The molecule has 1 aliphatic carbocycles. The predicted molar refractivity (Wildman–Crippen MR) is 45.5 cm³/mol. The van der Waals surface area contributed by atoms with E-state index in [0.29, 0.717) is 0 Å². The second-order valence-electron chi connectivity index (χ2n) is 3.41. The van der Waals surface area contributed by atoms with Crippen LogP contribution in [0.15, 0.2) is 18.3 Å². The van der Waals surface area contributed by atoms with Crippen molar-refractivity contribution in [1.29, 1.82) is 5.26 Å². The van der Waals surface area contributed by atoms with Crippen LogP contribution in [-0.4, -0.2) is 4.98 Å². The van der Waals surface area contributed by atoms with E-state index in [1.165, 1.54) is 0 Å². The molecule has 0 saturated heterocycles. The molecule has 60 valence electrons. The topological polar surface area (TPSA) is 36.7 Å². The molecule has 1 heterocycles. The van der Waals surface area contributed by atoms with Crippen molar-refractivity contribution in [2.75, 3.05) is 0 Å². The fraction of sp³-hybridized carbons (Fsp3) is 0.400. The van der Waals surface area contributed by atoms with Crippen LogP contribution in [-0.2, 0) is 5.41 Å². The molecule has 2 nitrogen and oxygen atoms in total. The van der Waals surface area contributed by atoms with Gasteiger partial charge in [-0.05, 0) is 31.4 Å². The molecule has 0 bridgehead atoms. The number of nitriles is 1. The van der Waals surface area contributed by atoms with E-state index in [2.05, 4.69) is 11.1 Å². The Balaban J connectivity index is 2.37. The van der Waals surface area contributed by atoms with Gasteiger partial charge < -0.3 is 0 Å². The Kier molecular flexibility index (Phi) is 1.41. The summed E-state index contributed by atoms with van der Waals surface area (Å²) < 4.78 is 0. The van der Waals surface area contributed by atoms with Gasteiger partial charge >= 0.3 is 0 Å². The summed E-state index contributed by atoms with van der Waals surface area (Å²) in [6, 6.07) is 6.30. The fourth-order valence-corrected chi connectivity index (χ4v) is 1.30. The summed E-state index contributed by atoms with van der Waals surface area (Å²) in [5.41, 5.74) is 1.86. The Morgan fingerprint density at radius 3 is 2.67 bits per heavy atom. The lowest BCUT2D eigenvalue weighted by Gasteiger charge is -2.03. The Hall–Kier alpha value is -1.36. The van der Waals surface area contributed by atoms with Gasteiger partial charge in [-0.2, -0.15) is 5.26 Å². The van der Waals surface area contributed by atoms with Crippen LogP contribution in [0.3, 0.4) is 0 Å². The van der Waals surface area contributed by atoms with Crippen molar-refractivity contribution in [1.82, 2.24) is 4.98 Å². The monoisotopic (exact) mass is 158 g/mol. The first-order valence-corrected chi connectivity index (χ1v) is 4.11. The molecule has 1 aliphatic rings. The Morgan fingerprint density at radius 1 is 1.50 bits per heavy atom. The molecule has 1 saturated carbocycles. The lowest BCUT2D eigenvalue weighted by molar-refractivity contribution is 0.852. The van der Waals surface area contributed by atoms with Crippen molar-refractivity contribution in [2.45, 2.75) is 25.2 Å². The lowest BCUT2D eigenvalue weighted by Crippen LogP contribution is -2.04. The second-order valence-corrected chi connectivity index (χ2v) is 3.41. The maximum Gasteiger partial charge on any atom is 0.0994 e. The molecule has 0 radical (unpaired) electrons. The third-order valence-electron chi connectivity index (χ3n) is 2.37. The van der Waals surface area contributed by atoms with Crippen LogP contribution in [0.25, 0.3) is 0 Å². The molecule has 0 spiro atoms. The van der Waals surface area contributed by atoms with Crippen molar-refractivity contribution < 1.29 is 0 Å². The van der Waals surface area contributed by atoms with Gasteiger partial charge in [0, 0.05) is 6.20 Å². The quantitative estimate of drug-likeness (QED) is 0.626. The highest BCUT2D eigenvalue weighted by Crippen LogP contribution is 2.46. The Bertz CT molecular complexity index is 328. The van der Waals surface area contributed by atoms with E-state index in [0.717, 1.165) is 24.1 Å². The molecule has 12 heavy (non-hydrogen) atoms. The minimum atomic E-state index is -0.228. The van der Waals surface area contributed by atoms with E-state index in [-0.39, 0.29) is 5.41 Å². The van der Waals surface area contributed by atoms with E-state index in [9.17, 15) is 0 Å². The number of nitrogens with zero attached hydrogens (tertiary/aromatic N) is 2. The van der Waals surface area contributed by atoms with Crippen LogP contribution >= 0.6 is 0 Å². The highest BCUT2D eigenvalue weighted by atomic mass is 14.7. The van der Waals surface area contributed by atoms with Gasteiger partial charge in [0.25, 0.3) is 0 Å². The summed E-state index contributed by atoms with van der Waals surface area (Å²) in [5.74, 6) is 0. The fourth-order valence-electron chi connectivity index (χ4n) is 1.30. The molecule has 2 heteroatoms. The lowest BCUT2D eigenvalue weighted by atomic mass is 10.0. The number of aromatic nitrogens is 1. The zero-order valence-corrected chi connectivity index (χ0v) is 7.04. The van der Waals surface area contributed by atoms with E-state index < -0.39 is 0 Å². The number of hydrogen-bond donors (Lipinski definition) is 0. The van der Waals surface area contributed by atoms with E-state index in [1.54, 1.807) is 0 Å². The zero-order chi connectivity index (χ0) is 8.60. The summed E-state index contributed by atoms with van der Waals surface area (Å²) in [6.07, 6.45) is 3.77. The molecule has 0 atom stereocenters. The van der Waals surface area contributed by atoms with Crippen LogP contribution in [0.1, 0.15) is 24.1 Å². The summed E-state index contributed by atoms with van der Waals surface area (Å²) in [5, 5.41) is 8.89. The van der Waals surface area contributed by atoms with Crippen molar-refractivity contribution in [3.05, 3.63) is 29.6 Å². The number of aryl methyl sites for hydroxylation is 1. The zero-order valence-electron chi connectivity index (χ0n) is 7.04. The minimum Gasteiger partial charge on any atom is -0.259 e. The average Bonchev–Trinajstić information content (AvgIpc) is 2.86. The summed E-state index contributed by atoms with van der Waals surface area (Å²) in [7, 11) is 0. The second kappa shape index (κ2) is 2.31. The molecule has 2 rings (SSSR count). The van der Waals surface area contributed by atoms with Crippen molar-refractivity contribution in [2.24, 2.45) is 0 Å². The predicted octanol–water partition coefficient (Wildman–Crippen LogP) is 1.95. The third-order valence-corrected chi connectivity index (χ3v) is 2.37. The van der Waals surface area contributed by atoms with E-state index in [4.69, 9.17) is 5.26 Å². The molecule has 0 N–H and O–H groups in total. The van der Waals surface area contributed by atoms with Crippen molar-refractivity contribution in [3.63, 3.8) is 0 Å². The van der Waals surface area contributed by atoms with E-state index in [1.807, 2.05) is 25.3 Å². The molecule has 0 aliphatic heterocycles. The maximum atomic E-state index is 8.89. The standard InChI is InChI=1S/C10H10N2/c1-8-2-3-9(12-6-8)10(7-11)4-5-10/h2-3,6H,4-5H2,1H3. The van der Waals surface area contributed by atoms with Gasteiger partial charge in [0.2, 0.25) is 0 Å². The Labute approximate surface area is 71.9 Å². The first kappa shape index (κ1) is 7.30. The van der Waals surface area contributed by atoms with Gasteiger partial charge in [0.1, 0.15) is 0 Å². The molecular formula is C10H10N2. The van der Waals surface area contributed by atoms with Crippen LogP contribution in [0, 0.1) is 18.3 Å². The van der Waals surface area contributed by atoms with Crippen molar-refractivity contribution in [3.8, 4) is 6.07 Å². The van der Waals surface area contributed by atoms with Gasteiger partial charge in [-0.25, -0.2) is 0 Å². The van der Waals surface area contributed by atoms with Gasteiger partial charge in [0.15, 0.2) is 0 Å². The van der Waals surface area contributed by atoms with Gasteiger partial charge in [0.05, 0.1) is 17.2 Å². The molecule has 1 aromatic rings. The Morgan fingerprint density at radius 2 is 2.25 bits per heavy atom. The number of pyridine rings is 1. The van der Waals surface area contributed by atoms with Gasteiger partial charge in [-0.1, -0.05) is 6.07 Å². The average molecular weight is 158 g/mol. The van der Waals surface area contributed by atoms with Crippen LogP contribution in [0.4, 0.5) is 0 Å². The normalized spacial score (nSPS) is 18.3. The molecule has 0 amide bonds. The smallest absolute Gasteiger partial charge is 0.0994 e. The number of rotatable bonds is 1. The highest BCUT2D eigenvalue weighted by molar-refractivity contribution is 5.34. The minimum absolute atomic E-state index is 0.228. The SMILES string of the molecule is Cc1ccc(C2(C#N)CC2)nc1. The molecule has 0 unspecified atom stereocenters. The summed E-state index contributed by atoms with van der Waals surface area (Å²) >= 11 is 0. The highest BCUT2D eigenvalue weighted by Gasteiger charge is 2.46. The summed E-state index contributed by atoms with van der Waals surface area (Å²) in [4.78, 5) is 4.26. The van der Waals surface area contributed by atoms with E-state index >= 15 is 0 Å². The molecular weight excluding hydrogens is 148 g/mol. The first-order chi connectivity index (χ1) is 5.77. The van der Waals surface area contributed by atoms with Crippen molar-refractivity contribution >= 4 is 0 Å². The van der Waals surface area contributed by atoms with Crippen LogP contribution in [0.2, 0.25) is 0 Å². The van der Waals surface area contributed by atoms with Gasteiger partial charge in [-0.3, -0.25) is 4.98 Å². The third kappa shape index (κ3) is 0.984. The number of hydrogen-bond acceptors (Lipinski definition) is 2. The summed E-state index contributed by atoms with van der Waals surface area (Å²) in [6.45, 7) is 2.00. The van der Waals surface area contributed by atoms with Gasteiger partial charge in [-0.15, -0.1) is 0 Å². The first-order valence-electron chi connectivity index (χ1n) is 4.11. The molecule has 0 aromatic carbocycles. The largest absolute Gasteiger partial charge is 0.259 e. The molecule has 1 aromatic heterocycles. The van der Waals surface area contributed by atoms with Crippen LogP contribution < -0.4 is 0 Å². The van der Waals surface area contributed by atoms with Crippen LogP contribution in [0.5, 0.6) is 0 Å². The molecule has 1 fully saturated rings.